The van der Waals surface area contributed by atoms with Crippen molar-refractivity contribution in [3.8, 4) is 11.3 Å². The van der Waals surface area contributed by atoms with Gasteiger partial charge in [-0.25, -0.2) is 9.97 Å². The van der Waals surface area contributed by atoms with Crippen LogP contribution in [0.1, 0.15) is 6.92 Å². The van der Waals surface area contributed by atoms with Crippen LogP contribution in [0.4, 0.5) is 10.8 Å². The monoisotopic (exact) mass is 389 g/mol. The highest BCUT2D eigenvalue weighted by Gasteiger charge is 2.18. The number of aryl methyl sites for hydroxylation is 1. The van der Waals surface area contributed by atoms with E-state index >= 15 is 0 Å². The van der Waals surface area contributed by atoms with Crippen molar-refractivity contribution in [3.63, 3.8) is 0 Å². The molecule has 0 saturated carbocycles. The summed E-state index contributed by atoms with van der Waals surface area (Å²) in [6.07, 6.45) is 3.50. The summed E-state index contributed by atoms with van der Waals surface area (Å²) in [5, 5.41) is 16.3. The van der Waals surface area contributed by atoms with E-state index in [0.717, 1.165) is 5.16 Å². The minimum Gasteiger partial charge on any atom is -0.329 e. The SMILES string of the molecule is CC(Sc1nccn1C)C(=O)Nc1nc(-c2cccc([N+](=O)[O-])c2)cs1. The third-order valence-electron chi connectivity index (χ3n) is 3.52. The number of nitro benzene ring substituents is 1. The maximum Gasteiger partial charge on any atom is 0.270 e. The molecular formula is C16H15N5O3S2. The number of rotatable bonds is 6. The number of thiazole rings is 1. The second-order valence-electron chi connectivity index (χ2n) is 5.42. The van der Waals surface area contributed by atoms with Gasteiger partial charge in [-0.15, -0.1) is 11.3 Å². The molecule has 2 aromatic heterocycles. The normalized spacial score (nSPS) is 11.9. The smallest absolute Gasteiger partial charge is 0.270 e. The highest BCUT2D eigenvalue weighted by Crippen LogP contribution is 2.28. The molecule has 3 aromatic rings. The quantitative estimate of drug-likeness (QED) is 0.393. The number of nitrogens with one attached hydrogen (secondary N) is 1. The number of thioether (sulfide) groups is 1. The van der Waals surface area contributed by atoms with Gasteiger partial charge in [0.15, 0.2) is 10.3 Å². The fourth-order valence-corrected chi connectivity index (χ4v) is 3.68. The van der Waals surface area contributed by atoms with Crippen molar-refractivity contribution < 1.29 is 9.72 Å². The summed E-state index contributed by atoms with van der Waals surface area (Å²) in [5.41, 5.74) is 1.21. The van der Waals surface area contributed by atoms with E-state index in [4.69, 9.17) is 0 Å². The highest BCUT2D eigenvalue weighted by atomic mass is 32.2. The van der Waals surface area contributed by atoms with Gasteiger partial charge in [-0.2, -0.15) is 0 Å². The number of carbonyl (C=O) groups is 1. The van der Waals surface area contributed by atoms with Crippen LogP contribution in [-0.2, 0) is 11.8 Å². The predicted octanol–water partition coefficient (Wildman–Crippen LogP) is 3.57. The van der Waals surface area contributed by atoms with Crippen molar-refractivity contribution in [3.05, 3.63) is 52.2 Å². The lowest BCUT2D eigenvalue weighted by molar-refractivity contribution is -0.384. The van der Waals surface area contributed by atoms with Crippen molar-refractivity contribution in [1.29, 1.82) is 0 Å². The molecule has 1 aromatic carbocycles. The first-order chi connectivity index (χ1) is 12.4. The van der Waals surface area contributed by atoms with Gasteiger partial charge < -0.3 is 9.88 Å². The van der Waals surface area contributed by atoms with E-state index in [1.165, 1.54) is 35.2 Å². The van der Waals surface area contributed by atoms with Crippen LogP contribution in [0.25, 0.3) is 11.3 Å². The summed E-state index contributed by atoms with van der Waals surface area (Å²) in [5.74, 6) is -0.182. The minimum atomic E-state index is -0.449. The second-order valence-corrected chi connectivity index (χ2v) is 7.58. The number of carbonyl (C=O) groups excluding carboxylic acids is 1. The second kappa shape index (κ2) is 7.67. The Morgan fingerprint density at radius 2 is 2.27 bits per heavy atom. The molecule has 0 aliphatic heterocycles. The molecule has 0 bridgehead atoms. The van der Waals surface area contributed by atoms with Crippen LogP contribution >= 0.6 is 23.1 Å². The van der Waals surface area contributed by atoms with Crippen LogP contribution in [0.5, 0.6) is 0 Å². The summed E-state index contributed by atoms with van der Waals surface area (Å²) in [7, 11) is 1.87. The topological polar surface area (TPSA) is 103 Å². The van der Waals surface area contributed by atoms with E-state index in [0.29, 0.717) is 16.4 Å². The van der Waals surface area contributed by atoms with Gasteiger partial charge in [0.05, 0.1) is 15.9 Å². The Balaban J connectivity index is 1.68. The van der Waals surface area contributed by atoms with Crippen LogP contribution in [0.2, 0.25) is 0 Å². The van der Waals surface area contributed by atoms with Gasteiger partial charge >= 0.3 is 0 Å². The summed E-state index contributed by atoms with van der Waals surface area (Å²) in [6.45, 7) is 1.80. The molecule has 0 saturated heterocycles. The van der Waals surface area contributed by atoms with E-state index < -0.39 is 4.92 Å². The first-order valence-electron chi connectivity index (χ1n) is 7.59. The average Bonchev–Trinajstić information content (AvgIpc) is 3.24. The zero-order chi connectivity index (χ0) is 18.7. The van der Waals surface area contributed by atoms with Gasteiger partial charge in [-0.1, -0.05) is 23.9 Å². The molecule has 0 spiro atoms. The molecule has 3 rings (SSSR count). The number of hydrogen-bond acceptors (Lipinski definition) is 7. The first-order valence-corrected chi connectivity index (χ1v) is 9.35. The van der Waals surface area contributed by atoms with E-state index in [1.807, 2.05) is 17.8 Å². The zero-order valence-electron chi connectivity index (χ0n) is 13.9. The standard InChI is InChI=1S/C16H15N5O3S2/c1-10(26-16-17-6-7-20(16)2)14(22)19-15-18-13(9-25-15)11-4-3-5-12(8-11)21(23)24/h3-10H,1-2H3,(H,18,19,22). The van der Waals surface area contributed by atoms with Gasteiger partial charge in [0.25, 0.3) is 5.69 Å². The van der Waals surface area contributed by atoms with E-state index in [9.17, 15) is 14.9 Å². The lowest BCUT2D eigenvalue weighted by atomic mass is 10.1. The van der Waals surface area contributed by atoms with Crippen LogP contribution in [0.15, 0.2) is 47.2 Å². The van der Waals surface area contributed by atoms with Gasteiger partial charge in [0, 0.05) is 42.5 Å². The molecule has 2 heterocycles. The number of amides is 1. The van der Waals surface area contributed by atoms with Crippen LogP contribution in [0.3, 0.4) is 0 Å². The Morgan fingerprint density at radius 3 is 2.96 bits per heavy atom. The van der Waals surface area contributed by atoms with E-state index in [2.05, 4.69) is 15.3 Å². The van der Waals surface area contributed by atoms with Gasteiger partial charge in [0.1, 0.15) is 0 Å². The van der Waals surface area contributed by atoms with Gasteiger partial charge in [-0.3, -0.25) is 14.9 Å². The number of non-ortho nitro benzene ring substituents is 1. The number of hydrogen-bond donors (Lipinski definition) is 1. The van der Waals surface area contributed by atoms with Gasteiger partial charge in [-0.05, 0) is 6.92 Å². The Hall–Kier alpha value is -2.72. The lowest BCUT2D eigenvalue weighted by Crippen LogP contribution is -2.22. The van der Waals surface area contributed by atoms with Crippen LogP contribution in [0, 0.1) is 10.1 Å². The minimum absolute atomic E-state index is 0.00109. The molecule has 1 N–H and O–H groups in total. The molecule has 134 valence electrons. The Morgan fingerprint density at radius 1 is 1.46 bits per heavy atom. The molecule has 26 heavy (non-hydrogen) atoms. The molecule has 0 aliphatic carbocycles. The molecule has 1 amide bonds. The number of benzene rings is 1. The van der Waals surface area contributed by atoms with Crippen molar-refractivity contribution >= 4 is 39.8 Å². The zero-order valence-corrected chi connectivity index (χ0v) is 15.6. The summed E-state index contributed by atoms with van der Waals surface area (Å²) in [6, 6.07) is 6.24. The molecule has 0 aliphatic rings. The van der Waals surface area contributed by atoms with Crippen molar-refractivity contribution in [1.82, 2.24) is 14.5 Å². The van der Waals surface area contributed by atoms with E-state index in [-0.39, 0.29) is 16.8 Å². The lowest BCUT2D eigenvalue weighted by Gasteiger charge is -2.09. The van der Waals surface area contributed by atoms with Crippen molar-refractivity contribution in [2.24, 2.45) is 7.05 Å². The maximum atomic E-state index is 12.3. The number of imidazole rings is 1. The number of nitrogens with zero attached hydrogens (tertiary/aromatic N) is 4. The van der Waals surface area contributed by atoms with Crippen molar-refractivity contribution in [2.75, 3.05) is 5.32 Å². The number of aromatic nitrogens is 3. The molecule has 8 nitrogen and oxygen atoms in total. The Bertz CT molecular complexity index is 953. The van der Waals surface area contributed by atoms with Gasteiger partial charge in [0.2, 0.25) is 5.91 Å². The largest absolute Gasteiger partial charge is 0.329 e. The highest BCUT2D eigenvalue weighted by molar-refractivity contribution is 8.00. The summed E-state index contributed by atoms with van der Waals surface area (Å²) < 4.78 is 1.85. The number of anilines is 1. The molecule has 0 fully saturated rings. The molecule has 1 unspecified atom stereocenters. The van der Waals surface area contributed by atoms with Crippen LogP contribution in [-0.4, -0.2) is 30.6 Å². The molecular weight excluding hydrogens is 374 g/mol. The number of nitro groups is 1. The summed E-state index contributed by atoms with van der Waals surface area (Å²) >= 11 is 2.63. The predicted molar refractivity (Wildman–Crippen MR) is 101 cm³/mol. The average molecular weight is 389 g/mol. The van der Waals surface area contributed by atoms with E-state index in [1.54, 1.807) is 30.6 Å². The third kappa shape index (κ3) is 4.09. The van der Waals surface area contributed by atoms with Crippen molar-refractivity contribution in [2.45, 2.75) is 17.3 Å². The fraction of sp³-hybridized carbons (Fsp3) is 0.188. The maximum absolute atomic E-state index is 12.3. The third-order valence-corrected chi connectivity index (χ3v) is 5.45. The molecule has 1 atom stereocenters. The first kappa shape index (κ1) is 18.1. The Labute approximate surface area is 157 Å². The van der Waals surface area contributed by atoms with Crippen LogP contribution < -0.4 is 5.32 Å². The molecule has 10 heteroatoms. The Kier molecular flexibility index (Phi) is 5.33. The molecule has 0 radical (unpaired) electrons. The summed E-state index contributed by atoms with van der Waals surface area (Å²) in [4.78, 5) is 31.3. The fourth-order valence-electron chi connectivity index (χ4n) is 2.13.